The quantitative estimate of drug-likeness (QED) is 0.909. The fourth-order valence-corrected chi connectivity index (χ4v) is 2.20. The van der Waals surface area contributed by atoms with E-state index in [1.165, 1.54) is 6.33 Å². The fourth-order valence-electron chi connectivity index (χ4n) is 2.20. The molecule has 0 saturated carbocycles. The molecule has 21 heavy (non-hydrogen) atoms. The maximum absolute atomic E-state index is 5.88. The van der Waals surface area contributed by atoms with Gasteiger partial charge in [0, 0.05) is 0 Å². The second-order valence-corrected chi connectivity index (χ2v) is 4.77. The van der Waals surface area contributed by atoms with E-state index in [1.807, 2.05) is 18.2 Å². The van der Waals surface area contributed by atoms with Gasteiger partial charge in [-0.2, -0.15) is 0 Å². The highest BCUT2D eigenvalue weighted by molar-refractivity contribution is 5.46. The van der Waals surface area contributed by atoms with Crippen molar-refractivity contribution in [2.24, 2.45) is 0 Å². The van der Waals surface area contributed by atoms with Crippen LogP contribution in [0.2, 0.25) is 0 Å². The normalized spacial score (nSPS) is 12.4. The lowest BCUT2D eigenvalue weighted by molar-refractivity contribution is 0.174. The maximum atomic E-state index is 5.88. The van der Waals surface area contributed by atoms with Crippen LogP contribution in [0.4, 0.5) is 5.82 Å². The number of rotatable bonds is 5. The molecule has 110 valence electrons. The number of fused-ring (bicyclic) bond motifs is 1. The molecule has 3 rings (SSSR count). The van der Waals surface area contributed by atoms with Gasteiger partial charge in [0.15, 0.2) is 11.5 Å². The molecule has 6 heteroatoms. The van der Waals surface area contributed by atoms with Crippen LogP contribution in [0, 0.1) is 0 Å². The van der Waals surface area contributed by atoms with Gasteiger partial charge in [0.05, 0.1) is 5.56 Å². The smallest absolute Gasteiger partial charge is 0.231 e. The Labute approximate surface area is 122 Å². The van der Waals surface area contributed by atoms with Crippen LogP contribution in [0.15, 0.2) is 24.5 Å². The third kappa shape index (κ3) is 2.84. The predicted octanol–water partition coefficient (Wildman–Crippen LogP) is 2.32. The molecule has 0 bridgehead atoms. The number of benzene rings is 1. The third-order valence-electron chi connectivity index (χ3n) is 3.25. The molecule has 0 atom stereocenters. The number of anilines is 1. The number of aromatic nitrogens is 2. The summed E-state index contributed by atoms with van der Waals surface area (Å²) >= 11 is 0. The van der Waals surface area contributed by atoms with Crippen molar-refractivity contribution in [3.8, 4) is 17.4 Å². The van der Waals surface area contributed by atoms with Crippen molar-refractivity contribution in [2.45, 2.75) is 26.4 Å². The molecule has 2 aromatic rings. The predicted molar refractivity (Wildman–Crippen MR) is 77.3 cm³/mol. The van der Waals surface area contributed by atoms with E-state index in [-0.39, 0.29) is 6.79 Å². The van der Waals surface area contributed by atoms with Crippen molar-refractivity contribution in [3.63, 3.8) is 0 Å². The van der Waals surface area contributed by atoms with Crippen LogP contribution >= 0.6 is 0 Å². The van der Waals surface area contributed by atoms with Crippen molar-refractivity contribution in [3.05, 3.63) is 35.7 Å². The maximum Gasteiger partial charge on any atom is 0.231 e. The van der Waals surface area contributed by atoms with Crippen LogP contribution in [0.25, 0.3) is 0 Å². The van der Waals surface area contributed by atoms with Crippen LogP contribution in [0.3, 0.4) is 0 Å². The lowest BCUT2D eigenvalue weighted by Crippen LogP contribution is -2.05. The lowest BCUT2D eigenvalue weighted by Gasteiger charge is -2.11. The second kappa shape index (κ2) is 5.87. The SMILES string of the molecule is CCCc1c(N)ncnc1OCc1ccc2c(c1)OCO2. The van der Waals surface area contributed by atoms with Crippen molar-refractivity contribution in [2.75, 3.05) is 12.5 Å². The minimum Gasteiger partial charge on any atom is -0.472 e. The van der Waals surface area contributed by atoms with Gasteiger partial charge in [-0.15, -0.1) is 0 Å². The van der Waals surface area contributed by atoms with E-state index in [1.54, 1.807) is 0 Å². The van der Waals surface area contributed by atoms with Crippen molar-refractivity contribution >= 4 is 5.82 Å². The molecule has 1 aromatic heterocycles. The number of ether oxygens (including phenoxy) is 3. The molecule has 0 spiro atoms. The summed E-state index contributed by atoms with van der Waals surface area (Å²) in [6.45, 7) is 2.74. The van der Waals surface area contributed by atoms with Gasteiger partial charge in [0.2, 0.25) is 12.7 Å². The first-order valence-electron chi connectivity index (χ1n) is 6.88. The molecular formula is C15H17N3O3. The molecule has 1 aliphatic rings. The van der Waals surface area contributed by atoms with Crippen LogP contribution in [0.1, 0.15) is 24.5 Å². The van der Waals surface area contributed by atoms with Crippen LogP contribution < -0.4 is 19.9 Å². The summed E-state index contributed by atoms with van der Waals surface area (Å²) in [6.07, 6.45) is 3.17. The molecule has 6 nitrogen and oxygen atoms in total. The number of nitrogens with zero attached hydrogens (tertiary/aromatic N) is 2. The van der Waals surface area contributed by atoms with E-state index in [4.69, 9.17) is 19.9 Å². The molecule has 2 N–H and O–H groups in total. The van der Waals surface area contributed by atoms with Gasteiger partial charge < -0.3 is 19.9 Å². The van der Waals surface area contributed by atoms with Crippen LogP contribution in [-0.4, -0.2) is 16.8 Å². The Kier molecular flexibility index (Phi) is 3.77. The first-order chi connectivity index (χ1) is 10.3. The van der Waals surface area contributed by atoms with Crippen LogP contribution in [0.5, 0.6) is 17.4 Å². The van der Waals surface area contributed by atoms with Gasteiger partial charge in [0.25, 0.3) is 0 Å². The molecule has 0 fully saturated rings. The van der Waals surface area contributed by atoms with E-state index in [2.05, 4.69) is 16.9 Å². The summed E-state index contributed by atoms with van der Waals surface area (Å²) in [5, 5.41) is 0. The molecule has 2 heterocycles. The zero-order valence-electron chi connectivity index (χ0n) is 11.8. The molecule has 1 aliphatic heterocycles. The molecule has 0 amide bonds. The minimum absolute atomic E-state index is 0.267. The zero-order valence-corrected chi connectivity index (χ0v) is 11.8. The number of nitrogens with two attached hydrogens (primary N) is 1. The van der Waals surface area contributed by atoms with Crippen molar-refractivity contribution in [1.82, 2.24) is 9.97 Å². The van der Waals surface area contributed by atoms with Crippen molar-refractivity contribution < 1.29 is 14.2 Å². The van der Waals surface area contributed by atoms with Gasteiger partial charge in [-0.3, -0.25) is 0 Å². The van der Waals surface area contributed by atoms with Crippen molar-refractivity contribution in [1.29, 1.82) is 0 Å². The van der Waals surface area contributed by atoms with E-state index >= 15 is 0 Å². The molecular weight excluding hydrogens is 270 g/mol. The Hall–Kier alpha value is -2.50. The standard InChI is InChI=1S/C15H17N3O3/c1-2-3-11-14(16)17-8-18-15(11)19-7-10-4-5-12-13(6-10)21-9-20-12/h4-6,8H,2-3,7,9H2,1H3,(H2,16,17,18). The summed E-state index contributed by atoms with van der Waals surface area (Å²) in [4.78, 5) is 8.19. The Morgan fingerprint density at radius 1 is 1.24 bits per heavy atom. The fraction of sp³-hybridized carbons (Fsp3) is 0.333. The summed E-state index contributed by atoms with van der Waals surface area (Å²) in [7, 11) is 0. The van der Waals surface area contributed by atoms with E-state index in [9.17, 15) is 0 Å². The first-order valence-corrected chi connectivity index (χ1v) is 6.88. The van der Waals surface area contributed by atoms with Gasteiger partial charge in [-0.05, 0) is 24.1 Å². The van der Waals surface area contributed by atoms with Gasteiger partial charge in [-0.1, -0.05) is 19.4 Å². The number of hydrogen-bond acceptors (Lipinski definition) is 6. The largest absolute Gasteiger partial charge is 0.472 e. The highest BCUT2D eigenvalue weighted by Crippen LogP contribution is 2.33. The molecule has 0 unspecified atom stereocenters. The highest BCUT2D eigenvalue weighted by atomic mass is 16.7. The average Bonchev–Trinajstić information content (AvgIpc) is 2.95. The molecule has 0 aliphatic carbocycles. The molecule has 1 aromatic carbocycles. The Balaban J connectivity index is 1.74. The monoisotopic (exact) mass is 287 g/mol. The highest BCUT2D eigenvalue weighted by Gasteiger charge is 2.14. The summed E-state index contributed by atoms with van der Waals surface area (Å²) < 4.78 is 16.4. The first kappa shape index (κ1) is 13.5. The molecule has 0 saturated heterocycles. The van der Waals surface area contributed by atoms with E-state index in [0.717, 1.165) is 35.5 Å². The summed E-state index contributed by atoms with van der Waals surface area (Å²) in [5.74, 6) is 2.53. The molecule has 0 radical (unpaired) electrons. The second-order valence-electron chi connectivity index (χ2n) is 4.77. The minimum atomic E-state index is 0.267. The van der Waals surface area contributed by atoms with Gasteiger partial charge in [0.1, 0.15) is 18.8 Å². The Morgan fingerprint density at radius 2 is 2.10 bits per heavy atom. The lowest BCUT2D eigenvalue weighted by atomic mass is 10.2. The Morgan fingerprint density at radius 3 is 2.95 bits per heavy atom. The van der Waals surface area contributed by atoms with Gasteiger partial charge >= 0.3 is 0 Å². The topological polar surface area (TPSA) is 79.5 Å². The zero-order chi connectivity index (χ0) is 14.7. The number of hydrogen-bond donors (Lipinski definition) is 1. The summed E-state index contributed by atoms with van der Waals surface area (Å²) in [6, 6.07) is 5.73. The third-order valence-corrected chi connectivity index (χ3v) is 3.25. The summed E-state index contributed by atoms with van der Waals surface area (Å²) in [5.41, 5.74) is 7.73. The van der Waals surface area contributed by atoms with E-state index in [0.29, 0.717) is 18.3 Å². The van der Waals surface area contributed by atoms with E-state index < -0.39 is 0 Å². The average molecular weight is 287 g/mol. The van der Waals surface area contributed by atoms with Gasteiger partial charge in [-0.25, -0.2) is 9.97 Å². The number of nitrogen functional groups attached to an aromatic ring is 1. The Bertz CT molecular complexity index is 646. The van der Waals surface area contributed by atoms with Crippen LogP contribution in [-0.2, 0) is 13.0 Å².